The predicted octanol–water partition coefficient (Wildman–Crippen LogP) is 1.96. The van der Waals surface area contributed by atoms with Gasteiger partial charge in [0.1, 0.15) is 5.75 Å². The molecule has 0 unspecified atom stereocenters. The highest BCUT2D eigenvalue weighted by Gasteiger charge is 2.38. The number of benzene rings is 1. The van der Waals surface area contributed by atoms with E-state index in [0.29, 0.717) is 31.6 Å². The molecule has 0 aliphatic carbocycles. The maximum absolute atomic E-state index is 12.4. The summed E-state index contributed by atoms with van der Waals surface area (Å²) in [6, 6.07) is 5.37. The lowest BCUT2D eigenvalue weighted by atomic mass is 9.79. The minimum Gasteiger partial charge on any atom is -0.406 e. The Bertz CT molecular complexity index is 526. The van der Waals surface area contributed by atoms with Crippen LogP contribution in [0.2, 0.25) is 0 Å². The average Bonchev–Trinajstić information content (AvgIpc) is 2.53. The number of nitrogens with two attached hydrogens (primary N) is 1. The van der Waals surface area contributed by atoms with Crippen LogP contribution in [0, 0.1) is 5.41 Å². The average molecular weight is 332 g/mol. The number of amides is 1. The van der Waals surface area contributed by atoms with Gasteiger partial charge in [0.05, 0.1) is 5.41 Å². The van der Waals surface area contributed by atoms with Gasteiger partial charge >= 0.3 is 6.36 Å². The Morgan fingerprint density at radius 1 is 1.26 bits per heavy atom. The van der Waals surface area contributed by atoms with Crippen LogP contribution in [-0.4, -0.2) is 32.0 Å². The molecule has 128 valence electrons. The molecule has 0 saturated carbocycles. The fourth-order valence-corrected chi connectivity index (χ4v) is 2.46. The molecule has 2 rings (SSSR count). The molecule has 0 radical (unpaired) electrons. The highest BCUT2D eigenvalue weighted by molar-refractivity contribution is 5.83. The number of rotatable bonds is 5. The molecule has 1 aliphatic heterocycles. The van der Waals surface area contributed by atoms with Crippen molar-refractivity contribution in [3.05, 3.63) is 29.8 Å². The molecule has 1 saturated heterocycles. The summed E-state index contributed by atoms with van der Waals surface area (Å²) in [5.41, 5.74) is 5.79. The van der Waals surface area contributed by atoms with E-state index in [9.17, 15) is 18.0 Å². The van der Waals surface area contributed by atoms with Crippen LogP contribution < -0.4 is 15.8 Å². The zero-order valence-electron chi connectivity index (χ0n) is 12.5. The molecule has 1 aliphatic rings. The first kappa shape index (κ1) is 17.6. The molecule has 0 atom stereocenters. The minimum absolute atomic E-state index is 0.154. The van der Waals surface area contributed by atoms with Gasteiger partial charge in [-0.25, -0.2) is 0 Å². The van der Waals surface area contributed by atoms with Crippen LogP contribution in [0.5, 0.6) is 5.75 Å². The van der Waals surface area contributed by atoms with E-state index in [1.807, 2.05) is 0 Å². The molecule has 1 heterocycles. The van der Waals surface area contributed by atoms with E-state index in [0.717, 1.165) is 0 Å². The number of carbonyl (C=O) groups is 1. The van der Waals surface area contributed by atoms with Gasteiger partial charge in [0.25, 0.3) is 0 Å². The second-order valence-corrected chi connectivity index (χ2v) is 5.47. The van der Waals surface area contributed by atoms with Gasteiger partial charge in [-0.05, 0) is 30.5 Å². The third kappa shape index (κ3) is 4.84. The quantitative estimate of drug-likeness (QED) is 0.864. The smallest absolute Gasteiger partial charge is 0.406 e. The molecule has 1 fully saturated rings. The van der Waals surface area contributed by atoms with Gasteiger partial charge in [-0.15, -0.1) is 13.2 Å². The van der Waals surface area contributed by atoms with Gasteiger partial charge < -0.3 is 20.5 Å². The van der Waals surface area contributed by atoms with Gasteiger partial charge in [-0.3, -0.25) is 4.79 Å². The molecule has 23 heavy (non-hydrogen) atoms. The SMILES string of the molecule is NCC1(C(=O)NCc2ccc(OC(F)(F)F)cc2)CCOCC1. The van der Waals surface area contributed by atoms with E-state index in [-0.39, 0.29) is 24.7 Å². The van der Waals surface area contributed by atoms with Gasteiger partial charge in [0.2, 0.25) is 5.91 Å². The molecule has 8 heteroatoms. The zero-order valence-corrected chi connectivity index (χ0v) is 12.5. The Balaban J connectivity index is 1.91. The molecular formula is C15H19F3N2O3. The van der Waals surface area contributed by atoms with Crippen molar-refractivity contribution in [2.75, 3.05) is 19.8 Å². The van der Waals surface area contributed by atoms with Crippen molar-refractivity contribution >= 4 is 5.91 Å². The van der Waals surface area contributed by atoms with E-state index in [4.69, 9.17) is 10.5 Å². The fraction of sp³-hybridized carbons (Fsp3) is 0.533. The van der Waals surface area contributed by atoms with Crippen LogP contribution in [0.15, 0.2) is 24.3 Å². The standard InChI is InChI=1S/C15H19F3N2O3/c16-15(17,18)23-12-3-1-11(2-4-12)9-20-13(21)14(10-19)5-7-22-8-6-14/h1-4H,5-10,19H2,(H,20,21). The topological polar surface area (TPSA) is 73.6 Å². The lowest BCUT2D eigenvalue weighted by molar-refractivity contribution is -0.274. The summed E-state index contributed by atoms with van der Waals surface area (Å²) in [6.45, 7) is 1.44. The third-order valence-corrected chi connectivity index (χ3v) is 3.93. The second kappa shape index (κ2) is 7.18. The largest absolute Gasteiger partial charge is 0.573 e. The first-order chi connectivity index (χ1) is 10.8. The zero-order chi connectivity index (χ0) is 16.9. The molecule has 3 N–H and O–H groups in total. The number of carbonyl (C=O) groups excluding carboxylic acids is 1. The van der Waals surface area contributed by atoms with E-state index >= 15 is 0 Å². The molecule has 0 bridgehead atoms. The third-order valence-electron chi connectivity index (χ3n) is 3.93. The molecule has 1 aromatic carbocycles. The first-order valence-electron chi connectivity index (χ1n) is 7.25. The number of nitrogens with one attached hydrogen (secondary N) is 1. The Morgan fingerprint density at radius 3 is 2.39 bits per heavy atom. The number of hydrogen-bond acceptors (Lipinski definition) is 4. The van der Waals surface area contributed by atoms with Crippen molar-refractivity contribution in [3.8, 4) is 5.75 Å². The second-order valence-electron chi connectivity index (χ2n) is 5.47. The molecule has 0 aromatic heterocycles. The minimum atomic E-state index is -4.72. The maximum Gasteiger partial charge on any atom is 0.573 e. The summed E-state index contributed by atoms with van der Waals surface area (Å²) < 4.78 is 45.3. The summed E-state index contributed by atoms with van der Waals surface area (Å²) in [5.74, 6) is -0.450. The Morgan fingerprint density at radius 2 is 1.87 bits per heavy atom. The van der Waals surface area contributed by atoms with Gasteiger partial charge in [0, 0.05) is 26.3 Å². The van der Waals surface area contributed by atoms with Gasteiger partial charge in [-0.1, -0.05) is 12.1 Å². The molecule has 1 amide bonds. The normalized spacial score (nSPS) is 17.6. The van der Waals surface area contributed by atoms with E-state index < -0.39 is 11.8 Å². The summed E-state index contributed by atoms with van der Waals surface area (Å²) in [5, 5.41) is 2.79. The van der Waals surface area contributed by atoms with E-state index in [1.54, 1.807) is 0 Å². The van der Waals surface area contributed by atoms with Crippen molar-refractivity contribution in [2.45, 2.75) is 25.7 Å². The van der Waals surface area contributed by atoms with Crippen LogP contribution in [0.3, 0.4) is 0 Å². The Hall–Kier alpha value is -1.80. The maximum atomic E-state index is 12.4. The first-order valence-corrected chi connectivity index (χ1v) is 7.25. The van der Waals surface area contributed by atoms with Gasteiger partial charge in [-0.2, -0.15) is 0 Å². The lowest BCUT2D eigenvalue weighted by Gasteiger charge is -2.34. The van der Waals surface area contributed by atoms with Gasteiger partial charge in [0.15, 0.2) is 0 Å². The van der Waals surface area contributed by atoms with Crippen molar-refractivity contribution in [1.29, 1.82) is 0 Å². The molecule has 1 aromatic rings. The van der Waals surface area contributed by atoms with Crippen LogP contribution >= 0.6 is 0 Å². The van der Waals surface area contributed by atoms with Crippen LogP contribution in [0.1, 0.15) is 18.4 Å². The molecular weight excluding hydrogens is 313 g/mol. The Kier molecular flexibility index (Phi) is 5.48. The predicted molar refractivity (Wildman–Crippen MR) is 76.5 cm³/mol. The van der Waals surface area contributed by atoms with E-state index in [2.05, 4.69) is 10.1 Å². The Labute approximate surface area is 131 Å². The summed E-state index contributed by atoms with van der Waals surface area (Å²) in [6.07, 6.45) is -3.59. The number of alkyl halides is 3. The van der Waals surface area contributed by atoms with Crippen LogP contribution in [-0.2, 0) is 16.1 Å². The van der Waals surface area contributed by atoms with Crippen LogP contribution in [0.25, 0.3) is 0 Å². The summed E-state index contributed by atoms with van der Waals surface area (Å²) in [4.78, 5) is 12.4. The van der Waals surface area contributed by atoms with E-state index in [1.165, 1.54) is 24.3 Å². The fourth-order valence-electron chi connectivity index (χ4n) is 2.46. The van der Waals surface area contributed by atoms with Crippen LogP contribution in [0.4, 0.5) is 13.2 Å². The number of halogens is 3. The lowest BCUT2D eigenvalue weighted by Crippen LogP contribution is -2.48. The molecule has 5 nitrogen and oxygen atoms in total. The highest BCUT2D eigenvalue weighted by atomic mass is 19.4. The van der Waals surface area contributed by atoms with Crippen molar-refractivity contribution in [3.63, 3.8) is 0 Å². The number of hydrogen-bond donors (Lipinski definition) is 2. The highest BCUT2D eigenvalue weighted by Crippen LogP contribution is 2.29. The summed E-state index contributed by atoms with van der Waals surface area (Å²) in [7, 11) is 0. The van der Waals surface area contributed by atoms with Crippen molar-refractivity contribution in [2.24, 2.45) is 11.1 Å². The van der Waals surface area contributed by atoms with Crippen molar-refractivity contribution < 1.29 is 27.4 Å². The van der Waals surface area contributed by atoms with Crippen molar-refractivity contribution in [1.82, 2.24) is 5.32 Å². The monoisotopic (exact) mass is 332 g/mol. The molecule has 0 spiro atoms. The summed E-state index contributed by atoms with van der Waals surface area (Å²) >= 11 is 0. The number of ether oxygens (including phenoxy) is 2.